The molecule has 0 radical (unpaired) electrons. The minimum Gasteiger partial charge on any atom is -0.507 e. The van der Waals surface area contributed by atoms with E-state index in [0.717, 1.165) is 22.3 Å². The summed E-state index contributed by atoms with van der Waals surface area (Å²) in [5.74, 6) is -1.20. The first-order valence-electron chi connectivity index (χ1n) is 20.1. The largest absolute Gasteiger partial charge is 0.507 e. The highest BCUT2D eigenvalue weighted by atomic mass is 28.4. The molecule has 57 heavy (non-hydrogen) atoms. The molecule has 1 heterocycles. The number of ether oxygens (including phenoxy) is 2. The van der Waals surface area contributed by atoms with E-state index in [0.29, 0.717) is 36.5 Å². The van der Waals surface area contributed by atoms with Crippen LogP contribution < -0.4 is 9.47 Å². The van der Waals surface area contributed by atoms with Gasteiger partial charge in [0.05, 0.1) is 19.8 Å². The van der Waals surface area contributed by atoms with Gasteiger partial charge in [-0.3, -0.25) is 14.5 Å². The molecule has 0 unspecified atom stereocenters. The van der Waals surface area contributed by atoms with Crippen LogP contribution in [0.5, 0.6) is 11.6 Å². The number of Topliss-reactive ketones (excluding diaryl/α,β-unsaturated/α-hetero) is 2. The first-order valence-corrected chi connectivity index (χ1v) is 25.9. The number of nitrogens with zero attached hydrogens (tertiary/aromatic N) is 2. The van der Waals surface area contributed by atoms with Gasteiger partial charge in [-0.25, -0.2) is 0 Å². The Morgan fingerprint density at radius 2 is 1.63 bits per heavy atom. The lowest BCUT2D eigenvalue weighted by Gasteiger charge is -2.55. The Morgan fingerprint density at radius 3 is 2.23 bits per heavy atom. The molecule has 1 aromatic heterocycles. The van der Waals surface area contributed by atoms with E-state index in [1.165, 1.54) is 0 Å². The van der Waals surface area contributed by atoms with Crippen LogP contribution >= 0.6 is 0 Å². The molecule has 0 aliphatic heterocycles. The molecule has 6 rings (SSSR count). The number of methoxy groups -OCH3 is 1. The standard InChI is InChI=1S/C45H62N2O8Si2/c1-27-29(21-18-22-53-56(11,12)43(2,3)4)25-33(51-10)31-23-30-24-32-37(47(8)9)39-36(42(46-54-39)52-26-28-19-16-15-17-20-28)41(50)45(32,55-57(13,14)44(5,6)7)40(49)35(30)38(48)34(27)31/h15-21,25,30,32,37,48H,22-24,26H2,1-14H3/t30-,32-,37-,45-/m0/s1. The summed E-state index contributed by atoms with van der Waals surface area (Å²) >= 11 is 0. The third-order valence-electron chi connectivity index (χ3n) is 13.4. The molecule has 308 valence electrons. The quantitative estimate of drug-likeness (QED) is 0.148. The number of aliphatic hydroxyl groups is 1. The van der Waals surface area contributed by atoms with Gasteiger partial charge >= 0.3 is 0 Å². The summed E-state index contributed by atoms with van der Waals surface area (Å²) in [6.07, 6.45) is 4.81. The van der Waals surface area contributed by atoms with Gasteiger partial charge in [0, 0.05) is 22.6 Å². The summed E-state index contributed by atoms with van der Waals surface area (Å²) in [5, 5.41) is 16.5. The molecule has 0 spiro atoms. The van der Waals surface area contributed by atoms with Crippen molar-refractivity contribution >= 4 is 40.0 Å². The molecule has 0 bridgehead atoms. The molecule has 4 atom stereocenters. The molecule has 12 heteroatoms. The molecule has 10 nitrogen and oxygen atoms in total. The van der Waals surface area contributed by atoms with Crippen LogP contribution in [0.4, 0.5) is 0 Å². The van der Waals surface area contributed by atoms with Gasteiger partial charge in [0.2, 0.25) is 11.6 Å². The number of aliphatic hydroxyl groups excluding tert-OH is 1. The summed E-state index contributed by atoms with van der Waals surface area (Å²) in [5.41, 5.74) is 2.32. The number of fused-ring (bicyclic) bond motifs is 4. The maximum atomic E-state index is 15.8. The first kappa shape index (κ1) is 42.8. The molecular weight excluding hydrogens is 753 g/mol. The van der Waals surface area contributed by atoms with Crippen molar-refractivity contribution < 1.29 is 37.5 Å². The Bertz CT molecular complexity index is 2100. The fraction of sp³-hybridized carbons (Fsp3) is 0.533. The Kier molecular flexibility index (Phi) is 11.3. The smallest absolute Gasteiger partial charge is 0.265 e. The second-order valence-electron chi connectivity index (χ2n) is 19.3. The van der Waals surface area contributed by atoms with E-state index in [9.17, 15) is 5.11 Å². The number of aromatic nitrogens is 1. The highest BCUT2D eigenvalue weighted by molar-refractivity contribution is 6.75. The number of carbonyl (C=O) groups excluding carboxylic acids is 2. The number of rotatable bonds is 11. The van der Waals surface area contributed by atoms with Crippen molar-refractivity contribution in [3.63, 3.8) is 0 Å². The maximum absolute atomic E-state index is 15.8. The van der Waals surface area contributed by atoms with Crippen molar-refractivity contribution in [2.24, 2.45) is 11.8 Å². The molecule has 0 saturated heterocycles. The molecule has 3 aliphatic carbocycles. The van der Waals surface area contributed by atoms with E-state index in [-0.39, 0.29) is 39.5 Å². The average Bonchev–Trinajstić information content (AvgIpc) is 3.53. The average molecular weight is 815 g/mol. The molecule has 0 amide bonds. The van der Waals surface area contributed by atoms with Gasteiger partial charge in [-0.05, 0) is 104 Å². The number of benzene rings is 2. The molecule has 3 aliphatic rings. The summed E-state index contributed by atoms with van der Waals surface area (Å²) in [7, 11) is 0.621. The maximum Gasteiger partial charge on any atom is 0.265 e. The minimum absolute atomic E-state index is 0.0269. The predicted octanol–water partition coefficient (Wildman–Crippen LogP) is 9.90. The van der Waals surface area contributed by atoms with E-state index < -0.39 is 51.7 Å². The van der Waals surface area contributed by atoms with E-state index in [1.54, 1.807) is 7.11 Å². The number of carbonyl (C=O) groups is 2. The van der Waals surface area contributed by atoms with Crippen LogP contribution in [0.15, 0.2) is 52.6 Å². The monoisotopic (exact) mass is 814 g/mol. The minimum atomic E-state index is -2.87. The zero-order valence-corrected chi connectivity index (χ0v) is 38.4. The van der Waals surface area contributed by atoms with Crippen molar-refractivity contribution in [1.29, 1.82) is 0 Å². The topological polar surface area (TPSA) is 121 Å². The summed E-state index contributed by atoms with van der Waals surface area (Å²) < 4.78 is 31.9. The SMILES string of the molecule is COc1cc(C=CCO[Si](C)(C)C(C)(C)C)c(C)c2c1C[C@H]1C[C@H]3[C@H](N(C)C)c4onc(OCc5ccccc5)c4C(=O)[C@@]3(O[Si](C)(C)C(C)(C)C)C(=O)C1=C2O. The third-order valence-corrected chi connectivity index (χ3v) is 22.4. The fourth-order valence-electron chi connectivity index (χ4n) is 8.20. The number of ketones is 2. The van der Waals surface area contributed by atoms with Crippen LogP contribution in [-0.4, -0.2) is 76.8 Å². The molecule has 1 N–H and O–H groups in total. The fourth-order valence-corrected chi connectivity index (χ4v) is 10.6. The van der Waals surface area contributed by atoms with Gasteiger partial charge in [-0.1, -0.05) is 84.0 Å². The lowest BCUT2D eigenvalue weighted by atomic mass is 9.57. The number of hydrogen-bond donors (Lipinski definition) is 1. The zero-order chi connectivity index (χ0) is 42.0. The Morgan fingerprint density at radius 1 is 0.982 bits per heavy atom. The second kappa shape index (κ2) is 15.1. The Balaban J connectivity index is 1.50. The van der Waals surface area contributed by atoms with Crippen molar-refractivity contribution in [2.75, 3.05) is 27.8 Å². The lowest BCUT2D eigenvalue weighted by Crippen LogP contribution is -2.68. The Hall–Kier alpha value is -3.82. The molecule has 1 saturated carbocycles. The summed E-state index contributed by atoms with van der Waals surface area (Å²) in [6, 6.07) is 11.0. The normalized spacial score (nSPS) is 22.8. The van der Waals surface area contributed by atoms with E-state index >= 15 is 9.59 Å². The van der Waals surface area contributed by atoms with Crippen LogP contribution in [0.3, 0.4) is 0 Å². The second-order valence-corrected chi connectivity index (χ2v) is 28.8. The zero-order valence-electron chi connectivity index (χ0n) is 36.4. The highest BCUT2D eigenvalue weighted by Crippen LogP contribution is 2.59. The van der Waals surface area contributed by atoms with Crippen molar-refractivity contribution in [3.05, 3.63) is 87.2 Å². The van der Waals surface area contributed by atoms with Crippen molar-refractivity contribution in [2.45, 2.75) is 116 Å². The molecule has 2 aromatic carbocycles. The first-order chi connectivity index (χ1) is 26.5. The van der Waals surface area contributed by atoms with Crippen molar-refractivity contribution in [3.8, 4) is 11.6 Å². The third kappa shape index (κ3) is 7.30. The van der Waals surface area contributed by atoms with Crippen LogP contribution in [0.1, 0.15) is 97.9 Å². The van der Waals surface area contributed by atoms with Gasteiger partial charge in [-0.2, -0.15) is 0 Å². The van der Waals surface area contributed by atoms with Crippen LogP contribution in [-0.2, 0) is 26.7 Å². The van der Waals surface area contributed by atoms with Crippen LogP contribution in [0.25, 0.3) is 11.8 Å². The van der Waals surface area contributed by atoms with Crippen LogP contribution in [0.2, 0.25) is 36.3 Å². The van der Waals surface area contributed by atoms with Crippen LogP contribution in [0, 0.1) is 18.8 Å². The Labute approximate surface area is 340 Å². The van der Waals surface area contributed by atoms with E-state index in [2.05, 4.69) is 72.9 Å². The number of hydrogen-bond acceptors (Lipinski definition) is 10. The van der Waals surface area contributed by atoms with E-state index in [4.69, 9.17) is 22.8 Å². The van der Waals surface area contributed by atoms with Gasteiger partial charge in [0.15, 0.2) is 28.0 Å². The highest BCUT2D eigenvalue weighted by Gasteiger charge is 2.69. The predicted molar refractivity (Wildman–Crippen MR) is 229 cm³/mol. The summed E-state index contributed by atoms with van der Waals surface area (Å²) in [6.45, 7) is 24.0. The molecule has 3 aromatic rings. The van der Waals surface area contributed by atoms with Gasteiger partial charge in [0.1, 0.15) is 23.7 Å². The summed E-state index contributed by atoms with van der Waals surface area (Å²) in [4.78, 5) is 33.3. The lowest BCUT2D eigenvalue weighted by molar-refractivity contribution is -0.140. The van der Waals surface area contributed by atoms with Gasteiger partial charge < -0.3 is 28.0 Å². The van der Waals surface area contributed by atoms with Gasteiger partial charge in [0.25, 0.3) is 5.88 Å². The molecular formula is C45H62N2O8Si2. The molecule has 1 fully saturated rings. The van der Waals surface area contributed by atoms with Crippen molar-refractivity contribution in [1.82, 2.24) is 10.1 Å². The van der Waals surface area contributed by atoms with Gasteiger partial charge in [-0.15, -0.1) is 0 Å². The van der Waals surface area contributed by atoms with E-state index in [1.807, 2.05) is 74.5 Å².